The lowest BCUT2D eigenvalue weighted by molar-refractivity contribution is -0.133. The molecule has 23 heavy (non-hydrogen) atoms. The molecule has 2 aromatic carbocycles. The molecule has 2 aromatic rings. The molecule has 4 nitrogen and oxygen atoms in total. The number of hydrogen-bond acceptors (Lipinski definition) is 4. The van der Waals surface area contributed by atoms with Gasteiger partial charge in [-0.2, -0.15) is 0 Å². The molecule has 0 bridgehead atoms. The number of carbonyl (C=O) groups is 2. The number of esters is 2. The Bertz CT molecular complexity index is 775. The highest BCUT2D eigenvalue weighted by molar-refractivity contribution is 6.28. The number of rotatable bonds is 4. The van der Waals surface area contributed by atoms with Crippen LogP contribution in [0.2, 0.25) is 0 Å². The van der Waals surface area contributed by atoms with Crippen LogP contribution in [0.15, 0.2) is 54.6 Å². The second-order valence-corrected chi connectivity index (χ2v) is 5.06. The highest BCUT2D eigenvalue weighted by atomic mass is 16.5. The SMILES string of the molecule is CCOC(=O)c1ccccc1C1=C(c2ccccc2)C(=O)OC1. The Morgan fingerprint density at radius 3 is 2.52 bits per heavy atom. The van der Waals surface area contributed by atoms with Crippen molar-refractivity contribution in [2.75, 3.05) is 13.2 Å². The van der Waals surface area contributed by atoms with Crippen LogP contribution in [0.3, 0.4) is 0 Å². The molecule has 3 rings (SSSR count). The van der Waals surface area contributed by atoms with Crippen molar-refractivity contribution >= 4 is 23.1 Å². The van der Waals surface area contributed by atoms with Gasteiger partial charge < -0.3 is 9.47 Å². The summed E-state index contributed by atoms with van der Waals surface area (Å²) in [7, 11) is 0. The standard InChI is InChI=1S/C19H16O4/c1-2-22-18(20)15-11-7-6-10-14(15)16-12-23-19(21)17(16)13-8-4-3-5-9-13/h3-11H,2,12H2,1H3. The molecule has 0 saturated carbocycles. The fraction of sp³-hybridized carbons (Fsp3) is 0.158. The van der Waals surface area contributed by atoms with Gasteiger partial charge in [0.1, 0.15) is 6.61 Å². The van der Waals surface area contributed by atoms with Gasteiger partial charge in [0.2, 0.25) is 0 Å². The van der Waals surface area contributed by atoms with Gasteiger partial charge in [0, 0.05) is 5.57 Å². The lowest BCUT2D eigenvalue weighted by Gasteiger charge is -2.10. The lowest BCUT2D eigenvalue weighted by Crippen LogP contribution is -2.08. The van der Waals surface area contributed by atoms with Crippen LogP contribution in [0.4, 0.5) is 0 Å². The molecule has 0 amide bonds. The number of carbonyl (C=O) groups excluding carboxylic acids is 2. The molecule has 0 fully saturated rings. The second-order valence-electron chi connectivity index (χ2n) is 5.06. The fourth-order valence-corrected chi connectivity index (χ4v) is 2.65. The summed E-state index contributed by atoms with van der Waals surface area (Å²) in [6.45, 7) is 2.21. The molecule has 116 valence electrons. The Kier molecular flexibility index (Phi) is 4.24. The normalized spacial score (nSPS) is 13.9. The highest BCUT2D eigenvalue weighted by Crippen LogP contribution is 2.34. The Labute approximate surface area is 134 Å². The zero-order valence-electron chi connectivity index (χ0n) is 12.7. The Balaban J connectivity index is 2.15. The summed E-state index contributed by atoms with van der Waals surface area (Å²) in [5, 5.41) is 0. The smallest absolute Gasteiger partial charge is 0.339 e. The van der Waals surface area contributed by atoms with Crippen LogP contribution in [0.25, 0.3) is 11.1 Å². The molecular formula is C19H16O4. The average Bonchev–Trinajstić information content (AvgIpc) is 2.97. The molecule has 0 radical (unpaired) electrons. The minimum absolute atomic E-state index is 0.152. The van der Waals surface area contributed by atoms with E-state index in [1.54, 1.807) is 19.1 Å². The quantitative estimate of drug-likeness (QED) is 0.813. The van der Waals surface area contributed by atoms with Crippen molar-refractivity contribution in [2.45, 2.75) is 6.92 Å². The van der Waals surface area contributed by atoms with E-state index in [1.165, 1.54) is 0 Å². The first-order valence-corrected chi connectivity index (χ1v) is 7.44. The Morgan fingerprint density at radius 2 is 1.78 bits per heavy atom. The summed E-state index contributed by atoms with van der Waals surface area (Å²) in [5.74, 6) is -0.771. The second kappa shape index (κ2) is 6.48. The van der Waals surface area contributed by atoms with Crippen LogP contribution < -0.4 is 0 Å². The maximum atomic E-state index is 12.2. The summed E-state index contributed by atoms with van der Waals surface area (Å²) in [6.07, 6.45) is 0. The van der Waals surface area contributed by atoms with Gasteiger partial charge in [0.25, 0.3) is 0 Å². The number of cyclic esters (lactones) is 1. The van der Waals surface area contributed by atoms with Gasteiger partial charge in [-0.15, -0.1) is 0 Å². The predicted octanol–water partition coefficient (Wildman–Crippen LogP) is 3.33. The highest BCUT2D eigenvalue weighted by Gasteiger charge is 2.29. The van der Waals surface area contributed by atoms with E-state index in [-0.39, 0.29) is 12.6 Å². The molecule has 0 N–H and O–H groups in total. The van der Waals surface area contributed by atoms with Gasteiger partial charge in [0.05, 0.1) is 17.7 Å². The van der Waals surface area contributed by atoms with Crippen molar-refractivity contribution in [1.82, 2.24) is 0 Å². The number of benzene rings is 2. The van der Waals surface area contributed by atoms with Crippen LogP contribution in [0.1, 0.15) is 28.4 Å². The number of hydrogen-bond donors (Lipinski definition) is 0. The minimum Gasteiger partial charge on any atom is -0.462 e. The lowest BCUT2D eigenvalue weighted by atomic mass is 9.93. The summed E-state index contributed by atoms with van der Waals surface area (Å²) in [6, 6.07) is 16.4. The molecule has 0 aliphatic carbocycles. The average molecular weight is 308 g/mol. The van der Waals surface area contributed by atoms with Crippen molar-refractivity contribution in [1.29, 1.82) is 0 Å². The monoisotopic (exact) mass is 308 g/mol. The van der Waals surface area contributed by atoms with Crippen molar-refractivity contribution in [3.05, 3.63) is 71.3 Å². The zero-order valence-corrected chi connectivity index (χ0v) is 12.7. The van der Waals surface area contributed by atoms with E-state index in [4.69, 9.17) is 9.47 Å². The summed E-state index contributed by atoms with van der Waals surface area (Å²) in [4.78, 5) is 24.3. The van der Waals surface area contributed by atoms with Gasteiger partial charge in [-0.3, -0.25) is 0 Å². The van der Waals surface area contributed by atoms with E-state index >= 15 is 0 Å². The predicted molar refractivity (Wildman–Crippen MR) is 86.6 cm³/mol. The molecule has 0 atom stereocenters. The van der Waals surface area contributed by atoms with E-state index in [0.717, 1.165) is 5.56 Å². The van der Waals surface area contributed by atoms with Crippen molar-refractivity contribution in [2.24, 2.45) is 0 Å². The minimum atomic E-state index is -0.401. The first kappa shape index (κ1) is 15.0. The molecule has 1 aliphatic heterocycles. The largest absolute Gasteiger partial charge is 0.462 e. The van der Waals surface area contributed by atoms with E-state index in [1.807, 2.05) is 42.5 Å². The molecule has 0 aromatic heterocycles. The van der Waals surface area contributed by atoms with Crippen LogP contribution >= 0.6 is 0 Å². The van der Waals surface area contributed by atoms with Crippen molar-refractivity contribution in [3.63, 3.8) is 0 Å². The Hall–Kier alpha value is -2.88. The summed E-state index contributed by atoms with van der Waals surface area (Å²) in [5.41, 5.74) is 3.11. The topological polar surface area (TPSA) is 52.6 Å². The van der Waals surface area contributed by atoms with Gasteiger partial charge in [0.15, 0.2) is 0 Å². The van der Waals surface area contributed by atoms with Gasteiger partial charge >= 0.3 is 11.9 Å². The molecule has 1 heterocycles. The molecule has 0 spiro atoms. The third-order valence-electron chi connectivity index (χ3n) is 3.66. The van der Waals surface area contributed by atoms with Crippen LogP contribution in [-0.4, -0.2) is 25.2 Å². The first-order valence-electron chi connectivity index (χ1n) is 7.44. The molecular weight excluding hydrogens is 292 g/mol. The van der Waals surface area contributed by atoms with Crippen LogP contribution in [0, 0.1) is 0 Å². The van der Waals surface area contributed by atoms with E-state index in [9.17, 15) is 9.59 Å². The molecule has 0 saturated heterocycles. The molecule has 1 aliphatic rings. The summed E-state index contributed by atoms with van der Waals surface area (Å²) >= 11 is 0. The van der Waals surface area contributed by atoms with E-state index < -0.39 is 5.97 Å². The van der Waals surface area contributed by atoms with E-state index in [0.29, 0.717) is 28.9 Å². The van der Waals surface area contributed by atoms with Crippen molar-refractivity contribution in [3.8, 4) is 0 Å². The third kappa shape index (κ3) is 2.88. The fourth-order valence-electron chi connectivity index (χ4n) is 2.65. The van der Waals surface area contributed by atoms with Crippen LogP contribution in [0.5, 0.6) is 0 Å². The Morgan fingerprint density at radius 1 is 1.09 bits per heavy atom. The van der Waals surface area contributed by atoms with Crippen LogP contribution in [-0.2, 0) is 14.3 Å². The molecule has 4 heteroatoms. The first-order chi connectivity index (χ1) is 11.2. The van der Waals surface area contributed by atoms with Crippen molar-refractivity contribution < 1.29 is 19.1 Å². The molecule has 0 unspecified atom stereocenters. The van der Waals surface area contributed by atoms with Gasteiger partial charge in [-0.05, 0) is 24.1 Å². The van der Waals surface area contributed by atoms with Gasteiger partial charge in [-0.25, -0.2) is 9.59 Å². The van der Waals surface area contributed by atoms with Gasteiger partial charge in [-0.1, -0.05) is 48.5 Å². The summed E-state index contributed by atoms with van der Waals surface area (Å²) < 4.78 is 10.3. The number of ether oxygens (including phenoxy) is 2. The zero-order chi connectivity index (χ0) is 16.2. The maximum Gasteiger partial charge on any atom is 0.339 e. The maximum absolute atomic E-state index is 12.2. The van der Waals surface area contributed by atoms with E-state index in [2.05, 4.69) is 0 Å². The third-order valence-corrected chi connectivity index (χ3v) is 3.66.